The van der Waals surface area contributed by atoms with Gasteiger partial charge in [0, 0.05) is 82.3 Å². The first-order chi connectivity index (χ1) is 35.3. The van der Waals surface area contributed by atoms with Gasteiger partial charge in [-0.25, -0.2) is 0 Å². The molecule has 0 fully saturated rings. The van der Waals surface area contributed by atoms with E-state index in [1.165, 1.54) is 109 Å². The van der Waals surface area contributed by atoms with E-state index in [9.17, 15) is 0 Å². The lowest BCUT2D eigenvalue weighted by atomic mass is 10.1. The number of para-hydroxylation sites is 7. The van der Waals surface area contributed by atoms with Gasteiger partial charge in [-0.1, -0.05) is 158 Å². The van der Waals surface area contributed by atoms with Gasteiger partial charge in [0.15, 0.2) is 0 Å². The molecule has 0 aliphatic heterocycles. The van der Waals surface area contributed by atoms with E-state index in [1.54, 1.807) is 0 Å². The zero-order chi connectivity index (χ0) is 46.3. The molecule has 0 saturated carbocycles. The summed E-state index contributed by atoms with van der Waals surface area (Å²) in [7, 11) is 0. The van der Waals surface area contributed by atoms with Crippen molar-refractivity contribution in [1.29, 1.82) is 0 Å². The number of hydrogen-bond donors (Lipinski definition) is 0. The van der Waals surface area contributed by atoms with Crippen molar-refractivity contribution in [2.24, 2.45) is 0 Å². The second-order valence-electron chi connectivity index (χ2n) is 18.9. The van der Waals surface area contributed by atoms with Crippen LogP contribution in [0.15, 0.2) is 249 Å². The molecular weight excluding hydrogens is 863 g/mol. The van der Waals surface area contributed by atoms with E-state index >= 15 is 0 Å². The van der Waals surface area contributed by atoms with Gasteiger partial charge >= 0.3 is 0 Å². The van der Waals surface area contributed by atoms with E-state index in [0.29, 0.717) is 0 Å². The predicted octanol–water partition coefficient (Wildman–Crippen LogP) is 17.2. The Hall–Kier alpha value is -9.58. The quantitative estimate of drug-likeness (QED) is 0.164. The van der Waals surface area contributed by atoms with Gasteiger partial charge in [-0.3, -0.25) is 0 Å². The van der Waals surface area contributed by atoms with Crippen LogP contribution in [0.5, 0.6) is 0 Å². The van der Waals surface area contributed by atoms with E-state index in [0.717, 1.165) is 28.4 Å². The van der Waals surface area contributed by atoms with Crippen molar-refractivity contribution in [1.82, 2.24) is 22.8 Å². The molecule has 5 nitrogen and oxygen atoms in total. The topological polar surface area (TPSA) is 24.6 Å². The third kappa shape index (κ3) is 5.24. The summed E-state index contributed by atoms with van der Waals surface area (Å²) < 4.78 is 12.4. The van der Waals surface area contributed by atoms with Crippen molar-refractivity contribution >= 4 is 109 Å². The maximum Gasteiger partial charge on any atom is 0.0788 e. The number of rotatable bonds is 5. The van der Waals surface area contributed by atoms with E-state index in [4.69, 9.17) is 0 Å². The SMILES string of the molecule is c1ccc(-n2c3ccccc3c3ccc4c(c5ccccc5n4-c4cccc(-n5c6ccccc6c6ccc7c8ccccc8n(-c8cccc(-n9c%10ccccc%10c%10ccccc%109)c8)c7c65)c4)c32)cc1. The minimum Gasteiger partial charge on any atom is -0.309 e. The summed E-state index contributed by atoms with van der Waals surface area (Å²) in [6.45, 7) is 0. The zero-order valence-corrected chi connectivity index (χ0v) is 38.4. The van der Waals surface area contributed by atoms with Crippen LogP contribution >= 0.6 is 0 Å². The Morgan fingerprint density at radius 2 is 0.465 bits per heavy atom. The van der Waals surface area contributed by atoms with Crippen LogP contribution in [0.1, 0.15) is 0 Å². The van der Waals surface area contributed by atoms with Gasteiger partial charge in [-0.05, 0) is 91.0 Å². The highest BCUT2D eigenvalue weighted by Crippen LogP contribution is 2.45. The molecule has 0 aliphatic rings. The maximum atomic E-state index is 2.52. The standard InChI is InChI=1S/C66H41N5/c1-2-18-42(19-3-1)69-58-32-12-6-26-49(58)52-38-39-62-63(64(52)69)55-29-9-15-35-61(55)68(62)44-21-17-23-46(41-44)71-60-34-14-8-28-51(60)54-37-36-53-50-27-7-13-33-59(50)70(65(53)66(54)71)45-22-16-20-43(40-45)67-56-30-10-4-24-47(56)48-25-5-11-31-57(48)67/h1-41H. The molecule has 0 unspecified atom stereocenters. The predicted molar refractivity (Wildman–Crippen MR) is 298 cm³/mol. The molecule has 0 saturated heterocycles. The molecule has 16 aromatic rings. The second-order valence-corrected chi connectivity index (χ2v) is 18.9. The second kappa shape index (κ2) is 14.5. The lowest BCUT2D eigenvalue weighted by molar-refractivity contribution is 1.12. The van der Waals surface area contributed by atoms with Crippen molar-refractivity contribution in [3.8, 4) is 28.4 Å². The van der Waals surface area contributed by atoms with E-state index < -0.39 is 0 Å². The Kier molecular flexibility index (Phi) is 7.82. The number of benzene rings is 11. The molecule has 330 valence electrons. The molecule has 5 aromatic heterocycles. The molecule has 16 rings (SSSR count). The lowest BCUT2D eigenvalue weighted by Gasteiger charge is -2.15. The average Bonchev–Trinajstić information content (AvgIpc) is 4.23. The van der Waals surface area contributed by atoms with E-state index in [-0.39, 0.29) is 0 Å². The molecule has 0 aliphatic carbocycles. The van der Waals surface area contributed by atoms with Crippen LogP contribution in [0.25, 0.3) is 137 Å². The monoisotopic (exact) mass is 903 g/mol. The van der Waals surface area contributed by atoms with Gasteiger partial charge in [0.2, 0.25) is 0 Å². The van der Waals surface area contributed by atoms with Crippen LogP contribution in [0, 0.1) is 0 Å². The van der Waals surface area contributed by atoms with Crippen molar-refractivity contribution in [3.05, 3.63) is 249 Å². The summed E-state index contributed by atoms with van der Waals surface area (Å²) >= 11 is 0. The van der Waals surface area contributed by atoms with Crippen molar-refractivity contribution in [2.45, 2.75) is 0 Å². The van der Waals surface area contributed by atoms with Crippen LogP contribution in [-0.4, -0.2) is 22.8 Å². The van der Waals surface area contributed by atoms with Crippen LogP contribution < -0.4 is 0 Å². The number of nitrogens with zero attached hydrogens (tertiary/aromatic N) is 5. The Balaban J connectivity index is 0.973. The van der Waals surface area contributed by atoms with Crippen LogP contribution in [0.2, 0.25) is 0 Å². The number of fused-ring (bicyclic) bond motifs is 17. The minimum atomic E-state index is 1.10. The Morgan fingerprint density at radius 3 is 0.930 bits per heavy atom. The fraction of sp³-hybridized carbons (Fsp3) is 0. The smallest absolute Gasteiger partial charge is 0.0788 e. The van der Waals surface area contributed by atoms with Crippen molar-refractivity contribution in [3.63, 3.8) is 0 Å². The van der Waals surface area contributed by atoms with Gasteiger partial charge in [-0.15, -0.1) is 0 Å². The minimum absolute atomic E-state index is 1.10. The first-order valence-corrected chi connectivity index (χ1v) is 24.4. The third-order valence-electron chi connectivity index (χ3n) is 15.2. The largest absolute Gasteiger partial charge is 0.309 e. The molecule has 0 bridgehead atoms. The third-order valence-corrected chi connectivity index (χ3v) is 15.2. The summed E-state index contributed by atoms with van der Waals surface area (Å²) in [4.78, 5) is 0. The Morgan fingerprint density at radius 1 is 0.169 bits per heavy atom. The normalized spacial score (nSPS) is 12.2. The van der Waals surface area contributed by atoms with Crippen LogP contribution in [0.3, 0.4) is 0 Å². The maximum absolute atomic E-state index is 2.52. The Labute approximate surface area is 407 Å². The van der Waals surface area contributed by atoms with Crippen LogP contribution in [0.4, 0.5) is 0 Å². The average molecular weight is 904 g/mol. The molecule has 71 heavy (non-hydrogen) atoms. The molecule has 0 N–H and O–H groups in total. The van der Waals surface area contributed by atoms with Gasteiger partial charge in [-0.2, -0.15) is 0 Å². The van der Waals surface area contributed by atoms with Gasteiger partial charge in [0.05, 0.1) is 55.2 Å². The van der Waals surface area contributed by atoms with E-state index in [1.807, 2.05) is 0 Å². The molecule has 11 aromatic carbocycles. The molecule has 5 heteroatoms. The summed E-state index contributed by atoms with van der Waals surface area (Å²) in [5.41, 5.74) is 17.4. The van der Waals surface area contributed by atoms with Crippen molar-refractivity contribution < 1.29 is 0 Å². The first-order valence-electron chi connectivity index (χ1n) is 24.4. The molecule has 5 heterocycles. The molecule has 0 atom stereocenters. The highest BCUT2D eigenvalue weighted by Gasteiger charge is 2.24. The Bertz CT molecular complexity index is 4830. The van der Waals surface area contributed by atoms with Crippen LogP contribution in [-0.2, 0) is 0 Å². The fourth-order valence-electron chi connectivity index (χ4n) is 12.4. The molecular formula is C66H41N5. The summed E-state index contributed by atoms with van der Waals surface area (Å²) in [6, 6.07) is 91.5. The number of hydrogen-bond acceptors (Lipinski definition) is 0. The highest BCUT2D eigenvalue weighted by molar-refractivity contribution is 6.27. The van der Waals surface area contributed by atoms with Gasteiger partial charge in [0.1, 0.15) is 0 Å². The van der Waals surface area contributed by atoms with E-state index in [2.05, 4.69) is 272 Å². The van der Waals surface area contributed by atoms with Gasteiger partial charge < -0.3 is 22.8 Å². The first kappa shape index (κ1) is 38.4. The number of aromatic nitrogens is 5. The van der Waals surface area contributed by atoms with Gasteiger partial charge in [0.25, 0.3) is 0 Å². The molecule has 0 amide bonds. The summed E-state index contributed by atoms with van der Waals surface area (Å²) in [6.07, 6.45) is 0. The molecule has 0 radical (unpaired) electrons. The zero-order valence-electron chi connectivity index (χ0n) is 38.4. The molecule has 0 spiro atoms. The van der Waals surface area contributed by atoms with Crippen molar-refractivity contribution in [2.75, 3.05) is 0 Å². The summed E-state index contributed by atoms with van der Waals surface area (Å²) in [5, 5.41) is 12.4. The highest BCUT2D eigenvalue weighted by atomic mass is 15.1. The lowest BCUT2D eigenvalue weighted by Crippen LogP contribution is -2.01. The fourth-order valence-corrected chi connectivity index (χ4v) is 12.4. The summed E-state index contributed by atoms with van der Waals surface area (Å²) in [5.74, 6) is 0.